The molecule has 2 aromatic carbocycles. The van der Waals surface area contributed by atoms with Crippen LogP contribution in [-0.4, -0.2) is 43.0 Å². The molecule has 0 unspecified atom stereocenters. The van der Waals surface area contributed by atoms with Crippen molar-refractivity contribution in [2.75, 3.05) is 24.2 Å². The van der Waals surface area contributed by atoms with Gasteiger partial charge in [0.05, 0.1) is 18.0 Å². The van der Waals surface area contributed by atoms with Gasteiger partial charge in [-0.05, 0) is 52.9 Å². The van der Waals surface area contributed by atoms with Crippen molar-refractivity contribution in [3.05, 3.63) is 71.1 Å². The number of nitrogens with one attached hydrogen (secondary N) is 1. The van der Waals surface area contributed by atoms with Crippen LogP contribution in [0, 0.1) is 0 Å². The van der Waals surface area contributed by atoms with Crippen LogP contribution in [0.5, 0.6) is 0 Å². The van der Waals surface area contributed by atoms with E-state index >= 15 is 0 Å². The topological polar surface area (TPSA) is 95.7 Å². The monoisotopic (exact) mass is 495 g/mol. The highest BCUT2D eigenvalue weighted by atomic mass is 32.1. The molecule has 0 saturated heterocycles. The molecule has 1 aromatic heterocycles. The van der Waals surface area contributed by atoms with Gasteiger partial charge >= 0.3 is 0 Å². The summed E-state index contributed by atoms with van der Waals surface area (Å²) in [5.41, 5.74) is 9.57. The molecule has 34 heavy (non-hydrogen) atoms. The van der Waals surface area contributed by atoms with Crippen molar-refractivity contribution in [3.8, 4) is 10.4 Å². The van der Waals surface area contributed by atoms with Crippen molar-refractivity contribution >= 4 is 42.6 Å². The number of rotatable bonds is 10. The molecule has 0 fully saturated rings. The highest BCUT2D eigenvalue weighted by Gasteiger charge is 2.19. The fraction of sp³-hybridized carbons (Fsp3) is 0.308. The third-order valence-corrected chi connectivity index (χ3v) is 8.18. The molecule has 8 heteroatoms. The Hall–Kier alpha value is -2.94. The van der Waals surface area contributed by atoms with Crippen LogP contribution in [0.4, 0.5) is 11.4 Å². The summed E-state index contributed by atoms with van der Waals surface area (Å²) in [5, 5.41) is 14.3. The summed E-state index contributed by atoms with van der Waals surface area (Å²) in [6, 6.07) is 17.7. The van der Waals surface area contributed by atoms with Crippen LogP contribution in [0.3, 0.4) is 0 Å². The molecule has 3 aromatic rings. The predicted molar refractivity (Wildman–Crippen MR) is 144 cm³/mol. The van der Waals surface area contributed by atoms with Gasteiger partial charge in [-0.3, -0.25) is 9.59 Å². The molecule has 6 nitrogen and oxygen atoms in total. The molecule has 0 aliphatic heterocycles. The number of amides is 2. The molecule has 4 N–H and O–H groups in total. The lowest BCUT2D eigenvalue weighted by molar-refractivity contribution is -0.132. The lowest BCUT2D eigenvalue weighted by Crippen LogP contribution is -2.34. The fourth-order valence-corrected chi connectivity index (χ4v) is 5.18. The summed E-state index contributed by atoms with van der Waals surface area (Å²) < 4.78 is 0. The number of nitrogens with zero attached hydrogens (tertiary/aromatic N) is 1. The van der Waals surface area contributed by atoms with E-state index in [9.17, 15) is 14.7 Å². The van der Waals surface area contributed by atoms with Gasteiger partial charge in [0.2, 0.25) is 5.91 Å². The van der Waals surface area contributed by atoms with E-state index < -0.39 is 8.07 Å². The Balaban J connectivity index is 1.66. The van der Waals surface area contributed by atoms with E-state index in [1.165, 1.54) is 0 Å². The third-order valence-electron chi connectivity index (χ3n) is 5.51. The standard InChI is InChI=1S/C26H33N3O3SSi/c1-34(2,3)16-12-25(31)29(13-14-30)18-19-6-8-20(9-7-19)26(32)28-23-17-21(10-11-22(23)27)24-5-4-15-33-24/h4-11,15,17,30H,12-14,16,18,27H2,1-3H3,(H,28,32). The first-order valence-electron chi connectivity index (χ1n) is 11.4. The summed E-state index contributed by atoms with van der Waals surface area (Å²) in [7, 11) is -1.32. The Morgan fingerprint density at radius 3 is 2.44 bits per heavy atom. The average Bonchev–Trinajstić information content (AvgIpc) is 3.33. The Kier molecular flexibility index (Phi) is 8.65. The summed E-state index contributed by atoms with van der Waals surface area (Å²) in [6.45, 7) is 7.35. The highest BCUT2D eigenvalue weighted by molar-refractivity contribution is 7.13. The summed E-state index contributed by atoms with van der Waals surface area (Å²) in [5.74, 6) is -0.195. The molecule has 1 heterocycles. The zero-order valence-corrected chi connectivity index (χ0v) is 21.8. The first-order valence-corrected chi connectivity index (χ1v) is 16.0. The number of anilines is 2. The molecule has 0 saturated carbocycles. The van der Waals surface area contributed by atoms with E-state index in [2.05, 4.69) is 25.0 Å². The van der Waals surface area contributed by atoms with Gasteiger partial charge in [0.1, 0.15) is 0 Å². The van der Waals surface area contributed by atoms with Crippen molar-refractivity contribution in [3.63, 3.8) is 0 Å². The molecule has 0 radical (unpaired) electrons. The molecule has 0 aliphatic rings. The zero-order chi connectivity index (χ0) is 24.7. The minimum atomic E-state index is -1.32. The van der Waals surface area contributed by atoms with Crippen molar-refractivity contribution in [2.24, 2.45) is 0 Å². The number of aliphatic hydroxyl groups excluding tert-OH is 1. The van der Waals surface area contributed by atoms with Gasteiger partial charge in [-0.15, -0.1) is 11.3 Å². The van der Waals surface area contributed by atoms with E-state index in [0.717, 1.165) is 22.0 Å². The van der Waals surface area contributed by atoms with E-state index in [0.29, 0.717) is 36.4 Å². The Bertz CT molecular complexity index is 1110. The second-order valence-electron chi connectivity index (χ2n) is 9.53. The summed E-state index contributed by atoms with van der Waals surface area (Å²) in [4.78, 5) is 28.3. The molecule has 0 bridgehead atoms. The summed E-state index contributed by atoms with van der Waals surface area (Å²) >= 11 is 1.63. The van der Waals surface area contributed by atoms with Crippen LogP contribution in [0.1, 0.15) is 22.3 Å². The van der Waals surface area contributed by atoms with Crippen molar-refractivity contribution < 1.29 is 14.7 Å². The number of hydrogen-bond acceptors (Lipinski definition) is 5. The third kappa shape index (κ3) is 7.28. The van der Waals surface area contributed by atoms with Crippen LogP contribution in [-0.2, 0) is 11.3 Å². The average molecular weight is 496 g/mol. The maximum Gasteiger partial charge on any atom is 0.255 e. The minimum absolute atomic E-state index is 0.0550. The first kappa shape index (κ1) is 25.7. The maximum absolute atomic E-state index is 12.8. The van der Waals surface area contributed by atoms with E-state index in [-0.39, 0.29) is 18.4 Å². The Labute approximate surface area is 206 Å². The molecular weight excluding hydrogens is 462 g/mol. The van der Waals surface area contributed by atoms with Gasteiger partial charge in [0.25, 0.3) is 5.91 Å². The van der Waals surface area contributed by atoms with Crippen LogP contribution in [0.15, 0.2) is 60.0 Å². The maximum atomic E-state index is 12.8. The van der Waals surface area contributed by atoms with Crippen molar-refractivity contribution in [1.29, 1.82) is 0 Å². The van der Waals surface area contributed by atoms with Gasteiger partial charge < -0.3 is 21.1 Å². The molecule has 0 spiro atoms. The number of nitrogen functional groups attached to an aromatic ring is 1. The van der Waals surface area contributed by atoms with Crippen LogP contribution >= 0.6 is 11.3 Å². The lowest BCUT2D eigenvalue weighted by atomic mass is 10.1. The number of thiophene rings is 1. The predicted octanol–water partition coefficient (Wildman–Crippen LogP) is 5.30. The van der Waals surface area contributed by atoms with Crippen LogP contribution < -0.4 is 11.1 Å². The second-order valence-corrected chi connectivity index (χ2v) is 16.1. The quantitative estimate of drug-likeness (QED) is 0.263. The van der Waals surface area contributed by atoms with E-state index in [1.54, 1.807) is 34.4 Å². The molecule has 0 aliphatic carbocycles. The number of hydrogen-bond donors (Lipinski definition) is 3. The van der Waals surface area contributed by atoms with Gasteiger partial charge in [0, 0.05) is 38.0 Å². The fourth-order valence-electron chi connectivity index (χ4n) is 3.49. The molecular formula is C26H33N3O3SSi. The number of carbonyl (C=O) groups excluding carboxylic acids is 2. The van der Waals surface area contributed by atoms with E-state index in [1.807, 2.05) is 41.8 Å². The van der Waals surface area contributed by atoms with Crippen LogP contribution in [0.2, 0.25) is 25.7 Å². The number of carbonyl (C=O) groups is 2. The van der Waals surface area contributed by atoms with Gasteiger partial charge in [-0.25, -0.2) is 0 Å². The number of benzene rings is 2. The highest BCUT2D eigenvalue weighted by Crippen LogP contribution is 2.30. The lowest BCUT2D eigenvalue weighted by Gasteiger charge is -2.24. The number of aliphatic hydroxyl groups is 1. The number of nitrogens with two attached hydrogens (primary N) is 1. The smallest absolute Gasteiger partial charge is 0.255 e. The van der Waals surface area contributed by atoms with Gasteiger partial charge in [-0.1, -0.05) is 43.9 Å². The van der Waals surface area contributed by atoms with Crippen LogP contribution in [0.25, 0.3) is 10.4 Å². The normalized spacial score (nSPS) is 11.3. The Morgan fingerprint density at radius 1 is 1.09 bits per heavy atom. The Morgan fingerprint density at radius 2 is 1.82 bits per heavy atom. The zero-order valence-electron chi connectivity index (χ0n) is 20.0. The van der Waals surface area contributed by atoms with E-state index in [4.69, 9.17) is 5.73 Å². The van der Waals surface area contributed by atoms with Crippen molar-refractivity contribution in [1.82, 2.24) is 4.90 Å². The first-order chi connectivity index (χ1) is 16.2. The molecule has 180 valence electrons. The largest absolute Gasteiger partial charge is 0.397 e. The second kappa shape index (κ2) is 11.5. The van der Waals surface area contributed by atoms with Gasteiger partial charge in [-0.2, -0.15) is 0 Å². The SMILES string of the molecule is C[Si](C)(C)CCC(=O)N(CCO)Cc1ccc(C(=O)Nc2cc(-c3cccs3)ccc2N)cc1. The molecule has 3 rings (SSSR count). The van der Waals surface area contributed by atoms with Crippen molar-refractivity contribution in [2.45, 2.75) is 38.7 Å². The van der Waals surface area contributed by atoms with Gasteiger partial charge in [0.15, 0.2) is 0 Å². The minimum Gasteiger partial charge on any atom is -0.397 e. The summed E-state index contributed by atoms with van der Waals surface area (Å²) in [6.07, 6.45) is 0.502. The molecule has 2 amide bonds. The molecule has 0 atom stereocenters.